The van der Waals surface area contributed by atoms with E-state index in [4.69, 9.17) is 5.11 Å². The molecule has 2 N–H and O–H groups in total. The highest BCUT2D eigenvalue weighted by molar-refractivity contribution is 5.95. The summed E-state index contributed by atoms with van der Waals surface area (Å²) in [5, 5.41) is 11.5. The van der Waals surface area contributed by atoms with Crippen LogP contribution < -0.4 is 5.32 Å². The highest BCUT2D eigenvalue weighted by Gasteiger charge is 2.18. The third-order valence-corrected chi connectivity index (χ3v) is 3.46. The van der Waals surface area contributed by atoms with E-state index < -0.39 is 5.82 Å². The van der Waals surface area contributed by atoms with Crippen LogP contribution in [-0.4, -0.2) is 23.7 Å². The predicted octanol–water partition coefficient (Wildman–Crippen LogP) is 2.23. The molecule has 3 nitrogen and oxygen atoms in total. The number of aliphatic hydroxyl groups excluding tert-OH is 1. The molecule has 0 bridgehead atoms. The zero-order chi connectivity index (χ0) is 14.4. The van der Waals surface area contributed by atoms with Crippen LogP contribution in [0.5, 0.6) is 0 Å². The van der Waals surface area contributed by atoms with Gasteiger partial charge in [-0.05, 0) is 31.0 Å². The fourth-order valence-corrected chi connectivity index (χ4v) is 2.43. The number of hydrogen-bond acceptors (Lipinski definition) is 2. The molecule has 0 atom stereocenters. The Morgan fingerprint density at radius 2 is 2.10 bits per heavy atom. The first kappa shape index (κ1) is 14.5. The molecule has 1 aromatic rings. The monoisotopic (exact) mass is 275 g/mol. The SMILES string of the molecule is O=C(NC1CCCCC1)c1cc(C#CCO)ccc1F. The first-order chi connectivity index (χ1) is 9.70. The molecule has 2 rings (SSSR count). The van der Waals surface area contributed by atoms with Gasteiger partial charge in [0.25, 0.3) is 5.91 Å². The maximum atomic E-state index is 13.7. The number of benzene rings is 1. The summed E-state index contributed by atoms with van der Waals surface area (Å²) in [7, 11) is 0. The number of carbonyl (C=O) groups excluding carboxylic acids is 1. The maximum Gasteiger partial charge on any atom is 0.254 e. The van der Waals surface area contributed by atoms with Crippen LogP contribution >= 0.6 is 0 Å². The smallest absolute Gasteiger partial charge is 0.254 e. The summed E-state index contributed by atoms with van der Waals surface area (Å²) < 4.78 is 13.7. The van der Waals surface area contributed by atoms with Crippen molar-refractivity contribution in [3.63, 3.8) is 0 Å². The van der Waals surface area contributed by atoms with Crippen molar-refractivity contribution in [3.05, 3.63) is 35.1 Å². The van der Waals surface area contributed by atoms with Crippen LogP contribution in [0.25, 0.3) is 0 Å². The van der Waals surface area contributed by atoms with Gasteiger partial charge in [-0.2, -0.15) is 0 Å². The van der Waals surface area contributed by atoms with Crippen molar-refractivity contribution in [3.8, 4) is 11.8 Å². The molecule has 1 amide bonds. The van der Waals surface area contributed by atoms with Gasteiger partial charge in [0.2, 0.25) is 0 Å². The molecule has 20 heavy (non-hydrogen) atoms. The van der Waals surface area contributed by atoms with Crippen LogP contribution in [0.1, 0.15) is 48.0 Å². The van der Waals surface area contributed by atoms with Gasteiger partial charge >= 0.3 is 0 Å². The van der Waals surface area contributed by atoms with Crippen molar-refractivity contribution in [1.82, 2.24) is 5.32 Å². The van der Waals surface area contributed by atoms with Gasteiger partial charge in [0.1, 0.15) is 12.4 Å². The molecule has 1 saturated carbocycles. The minimum atomic E-state index is -0.548. The second-order valence-electron chi connectivity index (χ2n) is 4.96. The topological polar surface area (TPSA) is 49.3 Å². The van der Waals surface area contributed by atoms with Gasteiger partial charge in [-0.3, -0.25) is 4.79 Å². The number of carbonyl (C=O) groups is 1. The predicted molar refractivity (Wildman–Crippen MR) is 74.7 cm³/mol. The Kier molecular flexibility index (Phi) is 5.14. The quantitative estimate of drug-likeness (QED) is 0.813. The van der Waals surface area contributed by atoms with Crippen LogP contribution in [0.15, 0.2) is 18.2 Å². The van der Waals surface area contributed by atoms with E-state index in [-0.39, 0.29) is 24.1 Å². The maximum absolute atomic E-state index is 13.7. The number of aliphatic hydroxyl groups is 1. The zero-order valence-corrected chi connectivity index (χ0v) is 11.3. The lowest BCUT2D eigenvalue weighted by Crippen LogP contribution is -2.36. The van der Waals surface area contributed by atoms with Gasteiger partial charge in [-0.1, -0.05) is 31.1 Å². The van der Waals surface area contributed by atoms with Gasteiger partial charge < -0.3 is 10.4 Å². The van der Waals surface area contributed by atoms with Crippen LogP contribution in [0.2, 0.25) is 0 Å². The summed E-state index contributed by atoms with van der Waals surface area (Å²) in [5.74, 6) is 4.22. The summed E-state index contributed by atoms with van der Waals surface area (Å²) in [6.07, 6.45) is 5.33. The Bertz CT molecular complexity index is 539. The molecule has 4 heteroatoms. The van der Waals surface area contributed by atoms with Gasteiger partial charge in [-0.25, -0.2) is 4.39 Å². The molecule has 0 saturated heterocycles. The molecule has 0 heterocycles. The molecule has 0 unspecified atom stereocenters. The molecule has 0 spiro atoms. The molecule has 0 radical (unpaired) electrons. The van der Waals surface area contributed by atoms with Crippen LogP contribution in [0, 0.1) is 17.7 Å². The number of nitrogens with one attached hydrogen (secondary N) is 1. The average molecular weight is 275 g/mol. The Morgan fingerprint density at radius 1 is 1.35 bits per heavy atom. The summed E-state index contributed by atoms with van der Waals surface area (Å²) in [6.45, 7) is -0.263. The normalized spacial score (nSPS) is 15.3. The fourth-order valence-electron chi connectivity index (χ4n) is 2.43. The van der Waals surface area contributed by atoms with Crippen molar-refractivity contribution in [2.45, 2.75) is 38.1 Å². The van der Waals surface area contributed by atoms with Gasteiger partial charge in [0, 0.05) is 11.6 Å². The van der Waals surface area contributed by atoms with E-state index in [1.807, 2.05) is 0 Å². The molecule has 1 aliphatic rings. The van der Waals surface area contributed by atoms with Crippen LogP contribution in [0.4, 0.5) is 4.39 Å². The van der Waals surface area contributed by atoms with E-state index in [1.54, 1.807) is 0 Å². The Morgan fingerprint density at radius 3 is 2.80 bits per heavy atom. The largest absolute Gasteiger partial charge is 0.384 e. The van der Waals surface area contributed by atoms with E-state index in [0.29, 0.717) is 5.56 Å². The first-order valence-electron chi connectivity index (χ1n) is 6.91. The van der Waals surface area contributed by atoms with Gasteiger partial charge in [0.05, 0.1) is 5.56 Å². The highest BCUT2D eigenvalue weighted by Crippen LogP contribution is 2.18. The van der Waals surface area contributed by atoms with E-state index in [9.17, 15) is 9.18 Å². The molecular formula is C16H18FNO2. The highest BCUT2D eigenvalue weighted by atomic mass is 19.1. The summed E-state index contributed by atoms with van der Waals surface area (Å²) >= 11 is 0. The molecule has 1 aromatic carbocycles. The molecule has 0 aliphatic heterocycles. The Labute approximate surface area is 118 Å². The van der Waals surface area contributed by atoms with Crippen LogP contribution in [0.3, 0.4) is 0 Å². The number of amides is 1. The van der Waals surface area contributed by atoms with Crippen molar-refractivity contribution in [1.29, 1.82) is 0 Å². The van der Waals surface area contributed by atoms with Crippen molar-refractivity contribution in [2.75, 3.05) is 6.61 Å². The van der Waals surface area contributed by atoms with Crippen molar-refractivity contribution in [2.24, 2.45) is 0 Å². The average Bonchev–Trinajstić information content (AvgIpc) is 2.47. The third-order valence-electron chi connectivity index (χ3n) is 3.46. The van der Waals surface area contributed by atoms with Gasteiger partial charge in [0.15, 0.2) is 0 Å². The fraction of sp³-hybridized carbons (Fsp3) is 0.438. The second-order valence-corrected chi connectivity index (χ2v) is 4.96. The van der Waals surface area contributed by atoms with E-state index in [1.165, 1.54) is 24.6 Å². The van der Waals surface area contributed by atoms with E-state index in [2.05, 4.69) is 17.2 Å². The number of hydrogen-bond donors (Lipinski definition) is 2. The van der Waals surface area contributed by atoms with Gasteiger partial charge in [-0.15, -0.1) is 0 Å². The standard InChI is InChI=1S/C16H18FNO2/c17-15-9-8-12(5-4-10-19)11-14(15)16(20)18-13-6-2-1-3-7-13/h8-9,11,13,19H,1-3,6-7,10H2,(H,18,20). The summed E-state index contributed by atoms with van der Waals surface area (Å²) in [4.78, 5) is 12.1. The summed E-state index contributed by atoms with van der Waals surface area (Å²) in [6, 6.07) is 4.30. The molecular weight excluding hydrogens is 257 g/mol. The third kappa shape index (κ3) is 3.82. The zero-order valence-electron chi connectivity index (χ0n) is 11.3. The first-order valence-corrected chi connectivity index (χ1v) is 6.91. The van der Waals surface area contributed by atoms with E-state index >= 15 is 0 Å². The number of rotatable bonds is 2. The second kappa shape index (κ2) is 7.06. The van der Waals surface area contributed by atoms with Crippen molar-refractivity contribution >= 4 is 5.91 Å². The van der Waals surface area contributed by atoms with Crippen LogP contribution in [-0.2, 0) is 0 Å². The molecule has 1 fully saturated rings. The minimum absolute atomic E-state index is 0.0142. The molecule has 1 aliphatic carbocycles. The summed E-state index contributed by atoms with van der Waals surface area (Å²) in [5.41, 5.74) is 0.537. The minimum Gasteiger partial charge on any atom is -0.384 e. The lowest BCUT2D eigenvalue weighted by Gasteiger charge is -2.22. The lowest BCUT2D eigenvalue weighted by molar-refractivity contribution is 0.0923. The van der Waals surface area contributed by atoms with E-state index in [0.717, 1.165) is 25.7 Å². The Balaban J connectivity index is 2.11. The Hall–Kier alpha value is -1.86. The molecule has 0 aromatic heterocycles. The lowest BCUT2D eigenvalue weighted by atomic mass is 9.95. The van der Waals surface area contributed by atoms with Crippen molar-refractivity contribution < 1.29 is 14.3 Å². The molecule has 106 valence electrons. The number of halogens is 1.